The lowest BCUT2D eigenvalue weighted by Crippen LogP contribution is -2.42. The van der Waals surface area contributed by atoms with Crippen molar-refractivity contribution in [3.05, 3.63) is 6.07 Å². The molecule has 0 aliphatic carbocycles. The van der Waals surface area contributed by atoms with Gasteiger partial charge in [0.2, 0.25) is 5.95 Å². The smallest absolute Gasteiger partial charge is 0.232 e. The van der Waals surface area contributed by atoms with Gasteiger partial charge in [0.05, 0.1) is 13.2 Å². The lowest BCUT2D eigenvalue weighted by Gasteiger charge is -2.35. The van der Waals surface area contributed by atoms with Crippen molar-refractivity contribution in [2.24, 2.45) is 0 Å². The zero-order valence-corrected chi connectivity index (χ0v) is 18.9. The number of ether oxygens (including phenoxy) is 1. The Morgan fingerprint density at radius 1 is 1.07 bits per heavy atom. The van der Waals surface area contributed by atoms with Gasteiger partial charge in [0.1, 0.15) is 11.6 Å². The van der Waals surface area contributed by atoms with Gasteiger partial charge in [-0.3, -0.25) is 4.90 Å². The maximum Gasteiger partial charge on any atom is 0.232 e. The quantitative estimate of drug-likeness (QED) is 0.656. The van der Waals surface area contributed by atoms with Gasteiger partial charge in [-0.2, -0.15) is 9.97 Å². The Bertz CT molecular complexity index is 707. The highest BCUT2D eigenvalue weighted by Crippen LogP contribution is 2.28. The minimum absolute atomic E-state index is 0.506. The van der Waals surface area contributed by atoms with E-state index in [2.05, 4.69) is 38.3 Å². The SMILES string of the molecule is CC1CCCCN1c1cc(N2CCCC2)nc(NC(=S)NCCN2CCOCC2)n1. The molecule has 9 heteroatoms. The molecule has 1 aromatic rings. The summed E-state index contributed by atoms with van der Waals surface area (Å²) in [5.41, 5.74) is 0. The van der Waals surface area contributed by atoms with E-state index in [1.54, 1.807) is 0 Å². The fraction of sp³-hybridized carbons (Fsp3) is 0.762. The summed E-state index contributed by atoms with van der Waals surface area (Å²) in [4.78, 5) is 16.8. The van der Waals surface area contributed by atoms with Crippen LogP contribution in [0.3, 0.4) is 0 Å². The van der Waals surface area contributed by atoms with Crippen molar-refractivity contribution < 1.29 is 4.74 Å². The van der Waals surface area contributed by atoms with Gasteiger partial charge in [-0.05, 0) is 51.2 Å². The van der Waals surface area contributed by atoms with Gasteiger partial charge < -0.3 is 25.2 Å². The van der Waals surface area contributed by atoms with E-state index in [1.807, 2.05) is 0 Å². The summed E-state index contributed by atoms with van der Waals surface area (Å²) in [6, 6.07) is 2.67. The van der Waals surface area contributed by atoms with E-state index in [4.69, 9.17) is 26.9 Å². The molecule has 30 heavy (non-hydrogen) atoms. The van der Waals surface area contributed by atoms with Crippen LogP contribution in [-0.4, -0.2) is 85.0 Å². The first-order chi connectivity index (χ1) is 14.7. The predicted octanol–water partition coefficient (Wildman–Crippen LogP) is 2.07. The number of rotatable bonds is 6. The molecule has 0 spiro atoms. The van der Waals surface area contributed by atoms with E-state index in [-0.39, 0.29) is 0 Å². The monoisotopic (exact) mass is 433 g/mol. The topological polar surface area (TPSA) is 68.8 Å². The van der Waals surface area contributed by atoms with Crippen molar-refractivity contribution in [2.75, 3.05) is 74.1 Å². The maximum absolute atomic E-state index is 5.53. The van der Waals surface area contributed by atoms with Crippen LogP contribution >= 0.6 is 12.2 Å². The Balaban J connectivity index is 1.40. The van der Waals surface area contributed by atoms with Crippen molar-refractivity contribution in [3.63, 3.8) is 0 Å². The average Bonchev–Trinajstić information content (AvgIpc) is 3.30. The van der Waals surface area contributed by atoms with Gasteiger partial charge in [0, 0.05) is 57.9 Å². The Morgan fingerprint density at radius 3 is 2.57 bits per heavy atom. The highest BCUT2D eigenvalue weighted by Gasteiger charge is 2.23. The van der Waals surface area contributed by atoms with E-state index >= 15 is 0 Å². The first-order valence-corrected chi connectivity index (χ1v) is 11.9. The molecule has 0 radical (unpaired) electrons. The molecule has 3 aliphatic rings. The summed E-state index contributed by atoms with van der Waals surface area (Å²) in [7, 11) is 0. The Morgan fingerprint density at radius 2 is 1.80 bits per heavy atom. The van der Waals surface area contributed by atoms with Crippen molar-refractivity contribution in [2.45, 2.75) is 45.1 Å². The molecule has 8 nitrogen and oxygen atoms in total. The summed E-state index contributed by atoms with van der Waals surface area (Å²) in [5.74, 6) is 2.61. The van der Waals surface area contributed by atoms with Gasteiger partial charge >= 0.3 is 0 Å². The maximum atomic E-state index is 5.53. The third-order valence-corrected chi connectivity index (χ3v) is 6.52. The summed E-state index contributed by atoms with van der Waals surface area (Å²) >= 11 is 5.53. The highest BCUT2D eigenvalue weighted by molar-refractivity contribution is 7.80. The van der Waals surface area contributed by atoms with Gasteiger partial charge in [-0.25, -0.2) is 0 Å². The fourth-order valence-electron chi connectivity index (χ4n) is 4.47. The summed E-state index contributed by atoms with van der Waals surface area (Å²) in [5, 5.41) is 7.13. The molecule has 0 saturated carbocycles. The lowest BCUT2D eigenvalue weighted by molar-refractivity contribution is 0.0389. The second kappa shape index (κ2) is 10.5. The Hall–Kier alpha value is -1.71. The Labute approximate surface area is 185 Å². The van der Waals surface area contributed by atoms with Crippen LogP contribution in [0.15, 0.2) is 6.07 Å². The second-order valence-electron chi connectivity index (χ2n) is 8.48. The molecule has 0 amide bonds. The minimum Gasteiger partial charge on any atom is -0.379 e. The van der Waals surface area contributed by atoms with Crippen LogP contribution in [0.25, 0.3) is 0 Å². The molecule has 0 bridgehead atoms. The van der Waals surface area contributed by atoms with Crippen LogP contribution in [0, 0.1) is 0 Å². The van der Waals surface area contributed by atoms with Crippen LogP contribution in [0.1, 0.15) is 39.0 Å². The molecule has 3 aliphatic heterocycles. The van der Waals surface area contributed by atoms with Crippen molar-refractivity contribution in [1.29, 1.82) is 0 Å². The number of hydrogen-bond donors (Lipinski definition) is 2. The van der Waals surface area contributed by atoms with Crippen molar-refractivity contribution >= 4 is 34.9 Å². The van der Waals surface area contributed by atoms with Gasteiger partial charge in [0.25, 0.3) is 0 Å². The van der Waals surface area contributed by atoms with E-state index < -0.39 is 0 Å². The van der Waals surface area contributed by atoms with Crippen LogP contribution < -0.4 is 20.4 Å². The van der Waals surface area contributed by atoms with Crippen LogP contribution in [0.4, 0.5) is 17.6 Å². The van der Waals surface area contributed by atoms with Crippen LogP contribution in [0.5, 0.6) is 0 Å². The molecule has 3 saturated heterocycles. The van der Waals surface area contributed by atoms with Crippen LogP contribution in [-0.2, 0) is 4.74 Å². The second-order valence-corrected chi connectivity index (χ2v) is 8.88. The van der Waals surface area contributed by atoms with E-state index in [9.17, 15) is 0 Å². The zero-order chi connectivity index (χ0) is 20.8. The van der Waals surface area contributed by atoms with Crippen molar-refractivity contribution in [1.82, 2.24) is 20.2 Å². The summed E-state index contributed by atoms with van der Waals surface area (Å²) in [6.07, 6.45) is 6.18. The minimum atomic E-state index is 0.506. The number of aromatic nitrogens is 2. The average molecular weight is 434 g/mol. The third-order valence-electron chi connectivity index (χ3n) is 6.27. The number of morpholine rings is 1. The number of nitrogens with one attached hydrogen (secondary N) is 2. The molecule has 2 N–H and O–H groups in total. The molecule has 1 unspecified atom stereocenters. The summed E-state index contributed by atoms with van der Waals surface area (Å²) < 4.78 is 5.40. The first-order valence-electron chi connectivity index (χ1n) is 11.4. The number of nitrogens with zero attached hydrogens (tertiary/aromatic N) is 5. The molecule has 1 atom stereocenters. The van der Waals surface area contributed by atoms with Gasteiger partial charge in [-0.1, -0.05) is 0 Å². The lowest BCUT2D eigenvalue weighted by atomic mass is 10.0. The molecule has 3 fully saturated rings. The molecular formula is C21H35N7OS. The zero-order valence-electron chi connectivity index (χ0n) is 18.1. The van der Waals surface area contributed by atoms with Crippen molar-refractivity contribution in [3.8, 4) is 0 Å². The third kappa shape index (κ3) is 5.70. The number of piperidine rings is 1. The van der Waals surface area contributed by atoms with E-state index in [0.717, 1.165) is 70.7 Å². The fourth-order valence-corrected chi connectivity index (χ4v) is 4.66. The number of thiocarbonyl (C=S) groups is 1. The largest absolute Gasteiger partial charge is 0.379 e. The molecule has 0 aromatic carbocycles. The number of hydrogen-bond acceptors (Lipinski definition) is 7. The first kappa shape index (κ1) is 21.5. The molecule has 166 valence electrons. The van der Waals surface area contributed by atoms with E-state index in [1.165, 1.54) is 32.1 Å². The number of anilines is 3. The van der Waals surface area contributed by atoms with Gasteiger partial charge in [-0.15, -0.1) is 0 Å². The predicted molar refractivity (Wildman–Crippen MR) is 126 cm³/mol. The normalized spacial score (nSPS) is 22.9. The van der Waals surface area contributed by atoms with Crippen LogP contribution in [0.2, 0.25) is 0 Å². The highest BCUT2D eigenvalue weighted by atomic mass is 32.1. The molecule has 1 aromatic heterocycles. The summed E-state index contributed by atoms with van der Waals surface area (Å²) in [6.45, 7) is 10.8. The van der Waals surface area contributed by atoms with Gasteiger partial charge in [0.15, 0.2) is 5.11 Å². The van der Waals surface area contributed by atoms with E-state index in [0.29, 0.717) is 17.1 Å². The Kier molecular flexibility index (Phi) is 7.57. The molecule has 4 rings (SSSR count). The molecular weight excluding hydrogens is 398 g/mol. The standard InChI is InChI=1S/C21H35N7OS/c1-17-6-2-3-10-28(17)19-16-18(27-8-4-5-9-27)23-20(24-19)25-21(30)22-7-11-26-12-14-29-15-13-26/h16-17H,2-15H2,1H3,(H2,22,23,24,25,30). The molecule has 4 heterocycles.